The van der Waals surface area contributed by atoms with Gasteiger partial charge in [0, 0.05) is 26.0 Å². The minimum Gasteiger partial charge on any atom is -0.147 e. The van der Waals surface area contributed by atoms with Crippen molar-refractivity contribution in [1.29, 1.82) is 0 Å². The first-order valence-corrected chi connectivity index (χ1v) is 6.18. The van der Waals surface area contributed by atoms with Crippen LogP contribution in [0.25, 0.3) is 0 Å². The first-order valence-electron chi connectivity index (χ1n) is 3.97. The van der Waals surface area contributed by atoms with Crippen LogP contribution < -0.4 is 0 Å². The lowest BCUT2D eigenvalue weighted by atomic mass is 10.1. The van der Waals surface area contributed by atoms with Crippen LogP contribution in [0.1, 0.15) is 18.2 Å². The molecule has 1 aromatic rings. The van der Waals surface area contributed by atoms with Gasteiger partial charge in [-0.15, -0.1) is 22.9 Å². The minimum atomic E-state index is 0.387. The van der Waals surface area contributed by atoms with Crippen molar-refractivity contribution in [3.8, 4) is 0 Å². The topological polar surface area (TPSA) is 0 Å². The largest absolute Gasteiger partial charge is 0.147 e. The van der Waals surface area contributed by atoms with Crippen LogP contribution in [0, 0.1) is 5.92 Å². The Hall–Kier alpha value is 0.470. The molecule has 3 heteroatoms. The molecule has 1 aromatic heterocycles. The molecule has 2 rings (SSSR count). The number of thiophene rings is 1. The average molecular weight is 266 g/mol. The third kappa shape index (κ3) is 1.34. The molecule has 1 aliphatic rings. The van der Waals surface area contributed by atoms with Crippen molar-refractivity contribution in [3.63, 3.8) is 0 Å². The molecule has 0 radical (unpaired) electrons. The van der Waals surface area contributed by atoms with E-state index in [1.165, 1.54) is 15.8 Å². The Labute approximate surface area is 90.1 Å². The van der Waals surface area contributed by atoms with E-state index in [0.717, 1.165) is 5.88 Å². The van der Waals surface area contributed by atoms with Crippen LogP contribution in [0.5, 0.6) is 0 Å². The van der Waals surface area contributed by atoms with E-state index in [1.54, 1.807) is 0 Å². The van der Waals surface area contributed by atoms with Gasteiger partial charge in [0.25, 0.3) is 0 Å². The summed E-state index contributed by atoms with van der Waals surface area (Å²) < 4.78 is 1.20. The number of hydrogen-bond donors (Lipinski definition) is 0. The molecule has 1 aliphatic carbocycles. The van der Waals surface area contributed by atoms with Crippen LogP contribution in [0.3, 0.4) is 0 Å². The maximum atomic E-state index is 5.83. The van der Waals surface area contributed by atoms with E-state index in [4.69, 9.17) is 11.6 Å². The average Bonchev–Trinajstić information content (AvgIpc) is 2.50. The van der Waals surface area contributed by atoms with Crippen LogP contribution in [-0.4, -0.2) is 5.88 Å². The molecule has 1 saturated carbocycles. The van der Waals surface area contributed by atoms with Gasteiger partial charge in [-0.25, -0.2) is 0 Å². The number of halogens is 2. The normalized spacial score (nSPS) is 33.8. The Kier molecular flexibility index (Phi) is 2.26. The van der Waals surface area contributed by atoms with Crippen molar-refractivity contribution in [2.45, 2.75) is 18.8 Å². The summed E-state index contributed by atoms with van der Waals surface area (Å²) in [6.45, 7) is 2.30. The fourth-order valence-corrected chi connectivity index (χ4v) is 3.72. The molecule has 1 heterocycles. The first-order chi connectivity index (χ1) is 5.66. The zero-order valence-corrected chi connectivity index (χ0v) is 9.97. The summed E-state index contributed by atoms with van der Waals surface area (Å²) in [4.78, 5) is 1.47. The number of alkyl halides is 1. The molecule has 0 aliphatic heterocycles. The molecule has 0 saturated heterocycles. The maximum absolute atomic E-state index is 5.83. The Morgan fingerprint density at radius 2 is 2.58 bits per heavy atom. The van der Waals surface area contributed by atoms with Gasteiger partial charge in [-0.1, -0.05) is 6.92 Å². The molecular weight excluding hydrogens is 256 g/mol. The van der Waals surface area contributed by atoms with Crippen molar-refractivity contribution in [2.24, 2.45) is 5.92 Å². The molecule has 0 nitrogen and oxygen atoms in total. The first kappa shape index (κ1) is 9.04. The summed E-state index contributed by atoms with van der Waals surface area (Å²) in [5.74, 6) is 1.50. The van der Waals surface area contributed by atoms with Gasteiger partial charge in [0.05, 0.1) is 0 Å². The predicted octanol–water partition coefficient (Wildman–Crippen LogP) is 4.03. The van der Waals surface area contributed by atoms with Gasteiger partial charge in [0.1, 0.15) is 0 Å². The van der Waals surface area contributed by atoms with Gasteiger partial charge >= 0.3 is 0 Å². The third-order valence-electron chi connectivity index (χ3n) is 2.73. The van der Waals surface area contributed by atoms with Gasteiger partial charge in [-0.3, -0.25) is 0 Å². The Bertz CT molecular complexity index is 296. The highest BCUT2D eigenvalue weighted by Crippen LogP contribution is 2.56. The lowest BCUT2D eigenvalue weighted by Gasteiger charge is -2.05. The van der Waals surface area contributed by atoms with E-state index in [0.29, 0.717) is 11.3 Å². The van der Waals surface area contributed by atoms with Gasteiger partial charge in [-0.05, 0) is 34.3 Å². The Morgan fingerprint density at radius 1 is 1.83 bits per heavy atom. The van der Waals surface area contributed by atoms with Crippen LogP contribution in [-0.2, 0) is 5.41 Å². The summed E-state index contributed by atoms with van der Waals surface area (Å²) in [6, 6.07) is 2.22. The van der Waals surface area contributed by atoms with E-state index >= 15 is 0 Å². The van der Waals surface area contributed by atoms with Crippen molar-refractivity contribution >= 4 is 38.9 Å². The van der Waals surface area contributed by atoms with Gasteiger partial charge < -0.3 is 0 Å². The standard InChI is InChI=1S/C9H10BrClS/c1-9(3-6(9)4-11)8-2-7(10)5-12-8/h2,5-6H,3-4H2,1H3. The monoisotopic (exact) mass is 264 g/mol. The molecule has 0 N–H and O–H groups in total. The van der Waals surface area contributed by atoms with Gasteiger partial charge in [0.2, 0.25) is 0 Å². The van der Waals surface area contributed by atoms with Gasteiger partial charge in [-0.2, -0.15) is 0 Å². The van der Waals surface area contributed by atoms with Crippen LogP contribution >= 0.6 is 38.9 Å². The Balaban J connectivity index is 2.22. The highest BCUT2D eigenvalue weighted by Gasteiger charge is 2.51. The molecule has 0 spiro atoms. The second kappa shape index (κ2) is 3.00. The Morgan fingerprint density at radius 3 is 3.00 bits per heavy atom. The smallest absolute Gasteiger partial charge is 0.0285 e. The summed E-state index contributed by atoms with van der Waals surface area (Å²) in [6.07, 6.45) is 1.25. The molecule has 0 amide bonds. The summed E-state index contributed by atoms with van der Waals surface area (Å²) in [7, 11) is 0. The fourth-order valence-electron chi connectivity index (χ4n) is 1.59. The maximum Gasteiger partial charge on any atom is 0.0285 e. The van der Waals surface area contributed by atoms with E-state index in [2.05, 4.69) is 34.3 Å². The summed E-state index contributed by atoms with van der Waals surface area (Å²) in [5.41, 5.74) is 0.387. The minimum absolute atomic E-state index is 0.387. The second-order valence-electron chi connectivity index (χ2n) is 3.60. The van der Waals surface area contributed by atoms with Crippen molar-refractivity contribution < 1.29 is 0 Å². The predicted molar refractivity (Wildman–Crippen MR) is 58.2 cm³/mol. The molecule has 0 bridgehead atoms. The van der Waals surface area contributed by atoms with Crippen molar-refractivity contribution in [2.75, 3.05) is 5.88 Å². The SMILES string of the molecule is CC1(c2cc(Br)cs2)CC1CCl. The lowest BCUT2D eigenvalue weighted by molar-refractivity contribution is 0.721. The zero-order valence-electron chi connectivity index (χ0n) is 6.81. The van der Waals surface area contributed by atoms with Crippen molar-refractivity contribution in [3.05, 3.63) is 20.8 Å². The summed E-state index contributed by atoms with van der Waals surface area (Å²) in [5, 5.41) is 2.14. The zero-order chi connectivity index (χ0) is 8.77. The lowest BCUT2D eigenvalue weighted by Crippen LogP contribution is -2.01. The molecule has 12 heavy (non-hydrogen) atoms. The fraction of sp³-hybridized carbons (Fsp3) is 0.556. The van der Waals surface area contributed by atoms with Crippen LogP contribution in [0.4, 0.5) is 0 Å². The molecule has 2 unspecified atom stereocenters. The van der Waals surface area contributed by atoms with Gasteiger partial charge in [0.15, 0.2) is 0 Å². The highest BCUT2D eigenvalue weighted by molar-refractivity contribution is 9.10. The quantitative estimate of drug-likeness (QED) is 0.708. The van der Waals surface area contributed by atoms with E-state index in [1.807, 2.05) is 11.3 Å². The highest BCUT2D eigenvalue weighted by atomic mass is 79.9. The van der Waals surface area contributed by atoms with E-state index in [9.17, 15) is 0 Å². The van der Waals surface area contributed by atoms with Crippen LogP contribution in [0.15, 0.2) is 15.9 Å². The van der Waals surface area contributed by atoms with E-state index in [-0.39, 0.29) is 0 Å². The summed E-state index contributed by atoms with van der Waals surface area (Å²) >= 11 is 11.1. The molecule has 1 fully saturated rings. The third-order valence-corrected chi connectivity index (χ3v) is 5.07. The number of hydrogen-bond acceptors (Lipinski definition) is 1. The van der Waals surface area contributed by atoms with Crippen LogP contribution in [0.2, 0.25) is 0 Å². The second-order valence-corrected chi connectivity index (χ2v) is 5.74. The molecular formula is C9H10BrClS. The molecule has 0 aromatic carbocycles. The molecule has 66 valence electrons. The van der Waals surface area contributed by atoms with E-state index < -0.39 is 0 Å². The molecule has 2 atom stereocenters. The number of rotatable bonds is 2. The van der Waals surface area contributed by atoms with Crippen molar-refractivity contribution in [1.82, 2.24) is 0 Å².